The van der Waals surface area contributed by atoms with E-state index in [-0.39, 0.29) is 5.56 Å². The van der Waals surface area contributed by atoms with E-state index < -0.39 is 11.7 Å². The lowest BCUT2D eigenvalue weighted by molar-refractivity contribution is 0.102. The van der Waals surface area contributed by atoms with Crippen molar-refractivity contribution >= 4 is 44.7 Å². The third kappa shape index (κ3) is 2.62. The molecule has 0 unspecified atom stereocenters. The number of thiazole rings is 1. The maximum Gasteiger partial charge on any atom is 0.258 e. The van der Waals surface area contributed by atoms with Gasteiger partial charge in [-0.25, -0.2) is 9.37 Å². The van der Waals surface area contributed by atoms with Crippen LogP contribution in [0.3, 0.4) is 0 Å². The van der Waals surface area contributed by atoms with Gasteiger partial charge < -0.3 is 5.32 Å². The van der Waals surface area contributed by atoms with Crippen LogP contribution in [0.4, 0.5) is 10.1 Å². The Kier molecular flexibility index (Phi) is 3.61. The third-order valence-corrected chi connectivity index (χ3v) is 4.17. The normalized spacial score (nSPS) is 10.8. The number of aryl methyl sites for hydroxylation is 1. The zero-order valence-corrected chi connectivity index (χ0v) is 12.6. The van der Waals surface area contributed by atoms with Crippen molar-refractivity contribution in [1.82, 2.24) is 4.98 Å². The molecule has 0 aliphatic rings. The van der Waals surface area contributed by atoms with Gasteiger partial charge in [-0.05, 0) is 31.2 Å². The van der Waals surface area contributed by atoms with Crippen LogP contribution in [0.1, 0.15) is 15.9 Å². The molecular formula is C15H10ClFN2OS. The molecule has 21 heavy (non-hydrogen) atoms. The second kappa shape index (κ2) is 5.42. The molecule has 2 aromatic carbocycles. The lowest BCUT2D eigenvalue weighted by Crippen LogP contribution is -2.14. The summed E-state index contributed by atoms with van der Waals surface area (Å²) in [6, 6.07) is 7.90. The molecule has 0 fully saturated rings. The molecule has 0 aliphatic carbocycles. The molecule has 0 radical (unpaired) electrons. The Morgan fingerprint density at radius 1 is 1.33 bits per heavy atom. The van der Waals surface area contributed by atoms with Gasteiger partial charge in [-0.1, -0.05) is 23.2 Å². The number of carbonyl (C=O) groups excluding carboxylic acids is 1. The van der Waals surface area contributed by atoms with E-state index in [4.69, 9.17) is 11.6 Å². The fourth-order valence-corrected chi connectivity index (χ4v) is 2.90. The second-order valence-corrected chi connectivity index (χ2v) is 5.85. The molecule has 1 amide bonds. The standard InChI is InChI=1S/C15H10ClFN2OS/c1-8-2-4-11(17)9(6-8)15(20)19-13-10(16)3-5-12-14(13)18-7-21-12/h2-7H,1H3,(H,19,20). The number of amides is 1. The quantitative estimate of drug-likeness (QED) is 0.746. The number of carbonyl (C=O) groups is 1. The first-order valence-corrected chi connectivity index (χ1v) is 7.41. The first-order chi connectivity index (χ1) is 10.1. The molecule has 0 atom stereocenters. The van der Waals surface area contributed by atoms with Gasteiger partial charge in [0.25, 0.3) is 5.91 Å². The maximum absolute atomic E-state index is 13.8. The van der Waals surface area contributed by atoms with E-state index >= 15 is 0 Å². The number of nitrogens with zero attached hydrogens (tertiary/aromatic N) is 1. The molecule has 1 aromatic heterocycles. The van der Waals surface area contributed by atoms with E-state index in [1.165, 1.54) is 23.5 Å². The van der Waals surface area contributed by atoms with Crippen molar-refractivity contribution in [3.8, 4) is 0 Å². The monoisotopic (exact) mass is 320 g/mol. The number of halogens is 2. The lowest BCUT2D eigenvalue weighted by atomic mass is 10.1. The summed E-state index contributed by atoms with van der Waals surface area (Å²) in [7, 11) is 0. The Bertz CT molecular complexity index is 847. The number of rotatable bonds is 2. The summed E-state index contributed by atoms with van der Waals surface area (Å²) >= 11 is 7.56. The van der Waals surface area contributed by atoms with Gasteiger partial charge in [-0.3, -0.25) is 4.79 Å². The smallest absolute Gasteiger partial charge is 0.258 e. The van der Waals surface area contributed by atoms with E-state index in [0.717, 1.165) is 10.3 Å². The van der Waals surface area contributed by atoms with Gasteiger partial charge in [0.15, 0.2) is 0 Å². The molecule has 6 heteroatoms. The molecular weight excluding hydrogens is 311 g/mol. The van der Waals surface area contributed by atoms with Crippen LogP contribution in [0.25, 0.3) is 10.2 Å². The van der Waals surface area contributed by atoms with Crippen LogP contribution in [0.2, 0.25) is 5.02 Å². The van der Waals surface area contributed by atoms with Crippen molar-refractivity contribution in [2.75, 3.05) is 5.32 Å². The average molecular weight is 321 g/mol. The van der Waals surface area contributed by atoms with Gasteiger partial charge in [0.1, 0.15) is 11.3 Å². The summed E-state index contributed by atoms with van der Waals surface area (Å²) in [5.74, 6) is -1.11. The van der Waals surface area contributed by atoms with Crippen LogP contribution in [0, 0.1) is 12.7 Å². The summed E-state index contributed by atoms with van der Waals surface area (Å²) in [5, 5.41) is 3.03. The van der Waals surface area contributed by atoms with Gasteiger partial charge >= 0.3 is 0 Å². The number of aromatic nitrogens is 1. The van der Waals surface area contributed by atoms with Crippen LogP contribution < -0.4 is 5.32 Å². The van der Waals surface area contributed by atoms with Crippen molar-refractivity contribution in [1.29, 1.82) is 0 Å². The zero-order valence-electron chi connectivity index (χ0n) is 11.0. The summed E-state index contributed by atoms with van der Waals surface area (Å²) in [5.41, 5.74) is 3.47. The first kappa shape index (κ1) is 14.0. The highest BCUT2D eigenvalue weighted by molar-refractivity contribution is 7.16. The van der Waals surface area contributed by atoms with Crippen molar-refractivity contribution in [2.45, 2.75) is 6.92 Å². The molecule has 3 nitrogen and oxygen atoms in total. The molecule has 3 aromatic rings. The van der Waals surface area contributed by atoms with Gasteiger partial charge in [0.05, 0.1) is 26.5 Å². The Hall–Kier alpha value is -1.98. The molecule has 0 spiro atoms. The van der Waals surface area contributed by atoms with Gasteiger partial charge in [0.2, 0.25) is 0 Å². The third-order valence-electron chi connectivity index (χ3n) is 3.06. The second-order valence-electron chi connectivity index (χ2n) is 4.56. The summed E-state index contributed by atoms with van der Waals surface area (Å²) < 4.78 is 14.7. The van der Waals surface area contributed by atoms with Crippen LogP contribution in [0.5, 0.6) is 0 Å². The minimum atomic E-state index is -0.570. The molecule has 3 rings (SSSR count). The predicted octanol–water partition coefficient (Wildman–Crippen LogP) is 4.65. The number of hydrogen-bond donors (Lipinski definition) is 1. The molecule has 0 bridgehead atoms. The van der Waals surface area contributed by atoms with E-state index in [2.05, 4.69) is 10.3 Å². The number of hydrogen-bond acceptors (Lipinski definition) is 3. The molecule has 0 saturated carbocycles. The number of anilines is 1. The van der Waals surface area contributed by atoms with Gasteiger partial charge in [0, 0.05) is 0 Å². The van der Waals surface area contributed by atoms with Crippen molar-refractivity contribution < 1.29 is 9.18 Å². The molecule has 1 N–H and O–H groups in total. The largest absolute Gasteiger partial charge is 0.319 e. The van der Waals surface area contributed by atoms with Gasteiger partial charge in [-0.15, -0.1) is 11.3 Å². The van der Waals surface area contributed by atoms with Crippen LogP contribution in [0.15, 0.2) is 35.8 Å². The number of benzene rings is 2. The fourth-order valence-electron chi connectivity index (χ4n) is 2.02. The Morgan fingerprint density at radius 3 is 2.95 bits per heavy atom. The maximum atomic E-state index is 13.8. The summed E-state index contributed by atoms with van der Waals surface area (Å²) in [6.45, 7) is 1.80. The highest BCUT2D eigenvalue weighted by atomic mass is 35.5. The Morgan fingerprint density at radius 2 is 2.14 bits per heavy atom. The number of nitrogens with one attached hydrogen (secondary N) is 1. The summed E-state index contributed by atoms with van der Waals surface area (Å²) in [4.78, 5) is 16.5. The van der Waals surface area contributed by atoms with Crippen LogP contribution >= 0.6 is 22.9 Å². The summed E-state index contributed by atoms with van der Waals surface area (Å²) in [6.07, 6.45) is 0. The van der Waals surface area contributed by atoms with Crippen LogP contribution in [-0.2, 0) is 0 Å². The Balaban J connectivity index is 2.02. The minimum absolute atomic E-state index is 0.0155. The molecule has 0 aliphatic heterocycles. The van der Waals surface area contributed by atoms with E-state index in [1.807, 2.05) is 6.07 Å². The zero-order chi connectivity index (χ0) is 15.0. The van der Waals surface area contributed by atoms with E-state index in [1.54, 1.807) is 24.6 Å². The average Bonchev–Trinajstić information content (AvgIpc) is 2.93. The molecule has 1 heterocycles. The van der Waals surface area contributed by atoms with Crippen molar-refractivity contribution in [3.63, 3.8) is 0 Å². The minimum Gasteiger partial charge on any atom is -0.319 e. The molecule has 106 valence electrons. The Labute approximate surface area is 129 Å². The first-order valence-electron chi connectivity index (χ1n) is 6.15. The van der Waals surface area contributed by atoms with E-state index in [0.29, 0.717) is 16.2 Å². The number of fused-ring (bicyclic) bond motifs is 1. The van der Waals surface area contributed by atoms with Crippen molar-refractivity contribution in [2.24, 2.45) is 0 Å². The highest BCUT2D eigenvalue weighted by Gasteiger charge is 2.16. The van der Waals surface area contributed by atoms with Crippen molar-refractivity contribution in [3.05, 3.63) is 57.8 Å². The molecule has 0 saturated heterocycles. The SMILES string of the molecule is Cc1ccc(F)c(C(=O)Nc2c(Cl)ccc3scnc23)c1. The lowest BCUT2D eigenvalue weighted by Gasteiger charge is -2.09. The van der Waals surface area contributed by atoms with Crippen LogP contribution in [-0.4, -0.2) is 10.9 Å². The topological polar surface area (TPSA) is 42.0 Å². The van der Waals surface area contributed by atoms with Gasteiger partial charge in [-0.2, -0.15) is 0 Å². The highest BCUT2D eigenvalue weighted by Crippen LogP contribution is 2.32. The predicted molar refractivity (Wildman–Crippen MR) is 83.7 cm³/mol. The fraction of sp³-hybridized carbons (Fsp3) is 0.0667. The van der Waals surface area contributed by atoms with E-state index in [9.17, 15) is 9.18 Å².